The fourth-order valence-corrected chi connectivity index (χ4v) is 2.95. The van der Waals surface area contributed by atoms with E-state index in [4.69, 9.17) is 9.47 Å². The lowest BCUT2D eigenvalue weighted by molar-refractivity contribution is -0.119. The first-order chi connectivity index (χ1) is 11.2. The number of hydrogen-bond acceptors (Lipinski definition) is 3. The minimum Gasteiger partial charge on any atom is -0.496 e. The van der Waals surface area contributed by atoms with Crippen LogP contribution in [0.1, 0.15) is 18.9 Å². The highest BCUT2D eigenvalue weighted by molar-refractivity contribution is 5.96. The molecule has 2 aromatic carbocycles. The van der Waals surface area contributed by atoms with Crippen molar-refractivity contribution in [2.45, 2.75) is 25.8 Å². The van der Waals surface area contributed by atoms with E-state index < -0.39 is 0 Å². The number of amides is 1. The number of anilines is 1. The Kier molecular flexibility index (Phi) is 4.51. The molecule has 2 aromatic rings. The van der Waals surface area contributed by atoms with Crippen LogP contribution in [0.15, 0.2) is 48.5 Å². The Morgan fingerprint density at radius 1 is 1.22 bits per heavy atom. The first kappa shape index (κ1) is 15.4. The minimum absolute atomic E-state index is 0.0371. The summed E-state index contributed by atoms with van der Waals surface area (Å²) in [5.74, 6) is 1.71. The van der Waals surface area contributed by atoms with Gasteiger partial charge in [-0.3, -0.25) is 4.79 Å². The lowest BCUT2D eigenvalue weighted by atomic mass is 10.1. The Labute approximate surface area is 136 Å². The average Bonchev–Trinajstić information content (AvgIpc) is 2.59. The molecule has 0 spiro atoms. The minimum atomic E-state index is 0.0371. The lowest BCUT2D eigenvalue weighted by Gasteiger charge is -2.35. The van der Waals surface area contributed by atoms with Gasteiger partial charge in [0.2, 0.25) is 5.91 Å². The zero-order chi connectivity index (χ0) is 16.2. The molecule has 0 fully saturated rings. The summed E-state index contributed by atoms with van der Waals surface area (Å²) < 4.78 is 11.1. The molecule has 120 valence electrons. The standard InChI is InChI=1S/C19H21NO3/c1-14-13-23-18-10-6-4-8-16(18)20(14)19(21)12-11-15-7-3-5-9-17(15)22-2/h3-10,14H,11-13H2,1-2H3. The lowest BCUT2D eigenvalue weighted by Crippen LogP contribution is -2.45. The van der Waals surface area contributed by atoms with E-state index in [0.717, 1.165) is 22.7 Å². The summed E-state index contributed by atoms with van der Waals surface area (Å²) in [5.41, 5.74) is 1.91. The van der Waals surface area contributed by atoms with Crippen LogP contribution in [0.5, 0.6) is 11.5 Å². The molecule has 4 heteroatoms. The molecular formula is C19H21NO3. The highest BCUT2D eigenvalue weighted by atomic mass is 16.5. The Morgan fingerprint density at radius 3 is 2.78 bits per heavy atom. The van der Waals surface area contributed by atoms with Gasteiger partial charge in [-0.05, 0) is 37.1 Å². The summed E-state index contributed by atoms with van der Waals surface area (Å²) in [4.78, 5) is 14.6. The molecule has 1 aliphatic heterocycles. The second kappa shape index (κ2) is 6.73. The van der Waals surface area contributed by atoms with Gasteiger partial charge >= 0.3 is 0 Å². The fraction of sp³-hybridized carbons (Fsp3) is 0.316. The number of nitrogens with zero attached hydrogens (tertiary/aromatic N) is 1. The Hall–Kier alpha value is -2.49. The normalized spacial score (nSPS) is 16.4. The zero-order valence-corrected chi connectivity index (χ0v) is 13.5. The van der Waals surface area contributed by atoms with Gasteiger partial charge < -0.3 is 14.4 Å². The molecule has 1 atom stereocenters. The summed E-state index contributed by atoms with van der Waals surface area (Å²) in [7, 11) is 1.65. The van der Waals surface area contributed by atoms with Crippen LogP contribution in [0.25, 0.3) is 0 Å². The van der Waals surface area contributed by atoms with E-state index in [1.165, 1.54) is 0 Å². The number of benzene rings is 2. The predicted molar refractivity (Wildman–Crippen MR) is 90.2 cm³/mol. The van der Waals surface area contributed by atoms with Gasteiger partial charge in [-0.15, -0.1) is 0 Å². The number of aryl methyl sites for hydroxylation is 1. The maximum atomic E-state index is 12.8. The van der Waals surface area contributed by atoms with E-state index in [1.807, 2.05) is 60.4 Å². The van der Waals surface area contributed by atoms with E-state index in [1.54, 1.807) is 7.11 Å². The van der Waals surface area contributed by atoms with Gasteiger partial charge in [-0.25, -0.2) is 0 Å². The van der Waals surface area contributed by atoms with Crippen LogP contribution in [-0.4, -0.2) is 25.7 Å². The largest absolute Gasteiger partial charge is 0.496 e. The van der Waals surface area contributed by atoms with Crippen molar-refractivity contribution in [1.29, 1.82) is 0 Å². The van der Waals surface area contributed by atoms with Crippen LogP contribution in [0.3, 0.4) is 0 Å². The molecule has 0 radical (unpaired) electrons. The van der Waals surface area contributed by atoms with Gasteiger partial charge in [0.05, 0.1) is 18.8 Å². The third-order valence-corrected chi connectivity index (χ3v) is 4.12. The Bertz CT molecular complexity index is 699. The van der Waals surface area contributed by atoms with Crippen LogP contribution in [-0.2, 0) is 11.2 Å². The topological polar surface area (TPSA) is 38.8 Å². The second-order valence-corrected chi connectivity index (χ2v) is 5.70. The summed E-state index contributed by atoms with van der Waals surface area (Å²) >= 11 is 0. The Balaban J connectivity index is 1.76. The van der Waals surface area contributed by atoms with E-state index in [-0.39, 0.29) is 11.9 Å². The van der Waals surface area contributed by atoms with E-state index in [9.17, 15) is 4.79 Å². The molecule has 1 unspecified atom stereocenters. The highest BCUT2D eigenvalue weighted by Gasteiger charge is 2.28. The molecule has 0 aromatic heterocycles. The summed E-state index contributed by atoms with van der Waals surface area (Å²) in [5, 5.41) is 0. The molecule has 23 heavy (non-hydrogen) atoms. The first-order valence-electron chi connectivity index (χ1n) is 7.86. The molecule has 1 amide bonds. The average molecular weight is 311 g/mol. The number of hydrogen-bond donors (Lipinski definition) is 0. The quantitative estimate of drug-likeness (QED) is 0.868. The third-order valence-electron chi connectivity index (χ3n) is 4.12. The number of carbonyl (C=O) groups is 1. The van der Waals surface area contributed by atoms with Crippen LogP contribution in [0.4, 0.5) is 5.69 Å². The smallest absolute Gasteiger partial charge is 0.227 e. The van der Waals surface area contributed by atoms with Crippen molar-refractivity contribution in [2.75, 3.05) is 18.6 Å². The van der Waals surface area contributed by atoms with Crippen LogP contribution >= 0.6 is 0 Å². The van der Waals surface area contributed by atoms with Gasteiger partial charge in [-0.2, -0.15) is 0 Å². The zero-order valence-electron chi connectivity index (χ0n) is 13.5. The van der Waals surface area contributed by atoms with Gasteiger partial charge in [0.15, 0.2) is 0 Å². The van der Waals surface area contributed by atoms with Crippen LogP contribution in [0.2, 0.25) is 0 Å². The van der Waals surface area contributed by atoms with Gasteiger partial charge in [0, 0.05) is 6.42 Å². The molecular weight excluding hydrogens is 290 g/mol. The maximum Gasteiger partial charge on any atom is 0.227 e. The van der Waals surface area contributed by atoms with Gasteiger partial charge in [0.25, 0.3) is 0 Å². The Morgan fingerprint density at radius 2 is 1.96 bits per heavy atom. The molecule has 0 bridgehead atoms. The number of ether oxygens (including phenoxy) is 2. The van der Waals surface area contributed by atoms with Crippen molar-refractivity contribution < 1.29 is 14.3 Å². The molecule has 0 saturated carbocycles. The molecule has 1 heterocycles. The summed E-state index contributed by atoms with van der Waals surface area (Å²) in [6, 6.07) is 15.6. The molecule has 1 aliphatic rings. The number of para-hydroxylation sites is 3. The van der Waals surface area contributed by atoms with Gasteiger partial charge in [0.1, 0.15) is 18.1 Å². The number of rotatable bonds is 4. The van der Waals surface area contributed by atoms with Crippen molar-refractivity contribution in [1.82, 2.24) is 0 Å². The highest BCUT2D eigenvalue weighted by Crippen LogP contribution is 2.34. The van der Waals surface area contributed by atoms with E-state index in [0.29, 0.717) is 19.4 Å². The van der Waals surface area contributed by atoms with E-state index >= 15 is 0 Å². The van der Waals surface area contributed by atoms with Crippen molar-refractivity contribution in [2.24, 2.45) is 0 Å². The second-order valence-electron chi connectivity index (χ2n) is 5.70. The van der Waals surface area contributed by atoms with Crippen molar-refractivity contribution in [3.63, 3.8) is 0 Å². The third kappa shape index (κ3) is 3.16. The number of carbonyl (C=O) groups excluding carboxylic acids is 1. The maximum absolute atomic E-state index is 12.8. The number of fused-ring (bicyclic) bond motifs is 1. The first-order valence-corrected chi connectivity index (χ1v) is 7.86. The van der Waals surface area contributed by atoms with Gasteiger partial charge in [-0.1, -0.05) is 30.3 Å². The number of methoxy groups -OCH3 is 1. The van der Waals surface area contributed by atoms with Crippen molar-refractivity contribution in [3.8, 4) is 11.5 Å². The van der Waals surface area contributed by atoms with E-state index in [2.05, 4.69) is 0 Å². The molecule has 0 saturated heterocycles. The van der Waals surface area contributed by atoms with Crippen LogP contribution < -0.4 is 14.4 Å². The monoisotopic (exact) mass is 311 g/mol. The van der Waals surface area contributed by atoms with Crippen molar-refractivity contribution >= 4 is 11.6 Å². The molecule has 0 aliphatic carbocycles. The molecule has 3 rings (SSSR count). The SMILES string of the molecule is COc1ccccc1CCC(=O)N1c2ccccc2OCC1C. The van der Waals surface area contributed by atoms with Crippen LogP contribution in [0, 0.1) is 0 Å². The van der Waals surface area contributed by atoms with Crippen molar-refractivity contribution in [3.05, 3.63) is 54.1 Å². The predicted octanol–water partition coefficient (Wildman–Crippen LogP) is 3.44. The summed E-state index contributed by atoms with van der Waals surface area (Å²) in [6.07, 6.45) is 1.11. The summed E-state index contributed by atoms with van der Waals surface area (Å²) in [6.45, 7) is 2.54. The fourth-order valence-electron chi connectivity index (χ4n) is 2.95. The molecule has 4 nitrogen and oxygen atoms in total. The molecule has 0 N–H and O–H groups in total.